The van der Waals surface area contributed by atoms with E-state index in [1.54, 1.807) is 18.6 Å². The molecule has 20 heavy (non-hydrogen) atoms. The monoisotopic (exact) mass is 279 g/mol. The van der Waals surface area contributed by atoms with Gasteiger partial charge in [-0.05, 0) is 23.8 Å². The predicted octanol–water partition coefficient (Wildman–Crippen LogP) is 4.00. The fourth-order valence-corrected chi connectivity index (χ4v) is 2.20. The quantitative estimate of drug-likeness (QED) is 0.712. The predicted molar refractivity (Wildman–Crippen MR) is 85.9 cm³/mol. The van der Waals surface area contributed by atoms with Crippen LogP contribution in [0.5, 0.6) is 0 Å². The molecule has 0 spiro atoms. The number of hydrogen-bond donors (Lipinski definition) is 2. The van der Waals surface area contributed by atoms with Crippen LogP contribution in [-0.4, -0.2) is 9.97 Å². The number of hydrogen-bond acceptors (Lipinski definition) is 4. The number of nitrogens with one attached hydrogen (secondary N) is 1. The second-order valence-corrected chi connectivity index (χ2v) is 4.96. The normalized spacial score (nSPS) is 10.4. The second kappa shape index (κ2) is 5.35. The van der Waals surface area contributed by atoms with Crippen molar-refractivity contribution < 1.29 is 0 Å². The SMILES string of the molecule is C=C(Nc1cncc(S)c1)c1ccc2cccnc2c1. The van der Waals surface area contributed by atoms with E-state index in [1.165, 1.54) is 0 Å². The molecule has 98 valence electrons. The number of thiol groups is 1. The first-order valence-corrected chi connectivity index (χ1v) is 6.62. The summed E-state index contributed by atoms with van der Waals surface area (Å²) in [6, 6.07) is 12.0. The van der Waals surface area contributed by atoms with Gasteiger partial charge in [0.2, 0.25) is 0 Å². The molecule has 0 bridgehead atoms. The van der Waals surface area contributed by atoms with Crippen molar-refractivity contribution in [2.24, 2.45) is 0 Å². The number of aromatic nitrogens is 2. The fourth-order valence-electron chi connectivity index (χ4n) is 2.00. The molecule has 0 aliphatic carbocycles. The van der Waals surface area contributed by atoms with Crippen LogP contribution in [0.15, 0.2) is 66.5 Å². The topological polar surface area (TPSA) is 37.8 Å². The first kappa shape index (κ1) is 12.7. The van der Waals surface area contributed by atoms with Crippen LogP contribution in [0, 0.1) is 0 Å². The van der Waals surface area contributed by atoms with E-state index in [4.69, 9.17) is 0 Å². The van der Waals surface area contributed by atoms with Crippen molar-refractivity contribution in [1.29, 1.82) is 0 Å². The van der Waals surface area contributed by atoms with Crippen LogP contribution < -0.4 is 5.32 Å². The Bertz CT molecular complexity index is 783. The van der Waals surface area contributed by atoms with Crippen molar-refractivity contribution in [1.82, 2.24) is 9.97 Å². The molecule has 2 aromatic heterocycles. The Morgan fingerprint density at radius 1 is 1.15 bits per heavy atom. The minimum Gasteiger partial charge on any atom is -0.354 e. The van der Waals surface area contributed by atoms with Crippen molar-refractivity contribution in [2.75, 3.05) is 5.32 Å². The van der Waals surface area contributed by atoms with E-state index in [2.05, 4.69) is 34.5 Å². The van der Waals surface area contributed by atoms with Crippen molar-refractivity contribution >= 4 is 34.9 Å². The fraction of sp³-hybridized carbons (Fsp3) is 0. The number of pyridine rings is 2. The van der Waals surface area contributed by atoms with Crippen molar-refractivity contribution in [2.45, 2.75) is 4.90 Å². The number of nitrogens with zero attached hydrogens (tertiary/aromatic N) is 2. The maximum absolute atomic E-state index is 4.35. The van der Waals surface area contributed by atoms with E-state index in [0.717, 1.165) is 32.7 Å². The third-order valence-electron chi connectivity index (χ3n) is 2.97. The molecule has 0 unspecified atom stereocenters. The van der Waals surface area contributed by atoms with Gasteiger partial charge in [0.15, 0.2) is 0 Å². The van der Waals surface area contributed by atoms with Crippen LogP contribution in [0.2, 0.25) is 0 Å². The summed E-state index contributed by atoms with van der Waals surface area (Å²) < 4.78 is 0. The molecular weight excluding hydrogens is 266 g/mol. The van der Waals surface area contributed by atoms with Gasteiger partial charge in [-0.1, -0.05) is 24.8 Å². The Hall–Kier alpha value is -2.33. The molecule has 0 aliphatic rings. The van der Waals surface area contributed by atoms with Gasteiger partial charge in [0.25, 0.3) is 0 Å². The first-order chi connectivity index (χ1) is 9.72. The van der Waals surface area contributed by atoms with Gasteiger partial charge in [-0.2, -0.15) is 0 Å². The molecule has 0 amide bonds. The molecule has 4 heteroatoms. The van der Waals surface area contributed by atoms with Gasteiger partial charge >= 0.3 is 0 Å². The maximum atomic E-state index is 4.35. The molecule has 0 aliphatic heterocycles. The average molecular weight is 279 g/mol. The summed E-state index contributed by atoms with van der Waals surface area (Å²) in [5.74, 6) is 0. The minimum absolute atomic E-state index is 0.804. The van der Waals surface area contributed by atoms with Crippen LogP contribution in [0.25, 0.3) is 16.6 Å². The molecule has 1 aromatic carbocycles. The Morgan fingerprint density at radius 3 is 2.90 bits per heavy atom. The van der Waals surface area contributed by atoms with E-state index >= 15 is 0 Å². The van der Waals surface area contributed by atoms with Crippen LogP contribution >= 0.6 is 12.6 Å². The van der Waals surface area contributed by atoms with E-state index in [0.29, 0.717) is 0 Å². The third-order valence-corrected chi connectivity index (χ3v) is 3.22. The number of anilines is 1. The highest BCUT2D eigenvalue weighted by Crippen LogP contribution is 2.21. The lowest BCUT2D eigenvalue weighted by atomic mass is 10.1. The second-order valence-electron chi connectivity index (χ2n) is 4.45. The zero-order valence-electron chi connectivity index (χ0n) is 10.7. The van der Waals surface area contributed by atoms with E-state index < -0.39 is 0 Å². The zero-order valence-corrected chi connectivity index (χ0v) is 11.6. The molecule has 3 nitrogen and oxygen atoms in total. The lowest BCUT2D eigenvalue weighted by molar-refractivity contribution is 1.24. The first-order valence-electron chi connectivity index (χ1n) is 6.17. The van der Waals surface area contributed by atoms with Crippen molar-refractivity contribution in [3.63, 3.8) is 0 Å². The lowest BCUT2D eigenvalue weighted by Crippen LogP contribution is -1.98. The molecule has 1 N–H and O–H groups in total. The van der Waals surface area contributed by atoms with E-state index in [9.17, 15) is 0 Å². The van der Waals surface area contributed by atoms with Gasteiger partial charge in [-0.25, -0.2) is 0 Å². The van der Waals surface area contributed by atoms with E-state index in [-0.39, 0.29) is 0 Å². The van der Waals surface area contributed by atoms with Gasteiger partial charge < -0.3 is 5.32 Å². The Balaban J connectivity index is 1.88. The summed E-state index contributed by atoms with van der Waals surface area (Å²) in [7, 11) is 0. The molecular formula is C16H13N3S. The molecule has 0 fully saturated rings. The lowest BCUT2D eigenvalue weighted by Gasteiger charge is -2.10. The van der Waals surface area contributed by atoms with Crippen LogP contribution in [0.4, 0.5) is 5.69 Å². The molecule has 2 heterocycles. The third kappa shape index (κ3) is 2.65. The van der Waals surface area contributed by atoms with E-state index in [1.807, 2.05) is 36.4 Å². The van der Waals surface area contributed by atoms with Crippen LogP contribution in [0.3, 0.4) is 0 Å². The Kier molecular flexibility index (Phi) is 3.39. The van der Waals surface area contributed by atoms with Gasteiger partial charge in [-0.3, -0.25) is 9.97 Å². The minimum atomic E-state index is 0.804. The van der Waals surface area contributed by atoms with Crippen molar-refractivity contribution in [3.8, 4) is 0 Å². The highest BCUT2D eigenvalue weighted by atomic mass is 32.1. The Morgan fingerprint density at radius 2 is 2.05 bits per heavy atom. The summed E-state index contributed by atoms with van der Waals surface area (Å²) in [4.78, 5) is 9.25. The summed E-state index contributed by atoms with van der Waals surface area (Å²) in [6.45, 7) is 4.07. The molecule has 0 saturated heterocycles. The van der Waals surface area contributed by atoms with Gasteiger partial charge in [0, 0.05) is 28.4 Å². The number of fused-ring (bicyclic) bond motifs is 1. The Labute approximate surface area is 122 Å². The number of rotatable bonds is 3. The summed E-state index contributed by atoms with van der Waals surface area (Å²) >= 11 is 4.27. The van der Waals surface area contributed by atoms with Gasteiger partial charge in [0.1, 0.15) is 0 Å². The maximum Gasteiger partial charge on any atom is 0.0708 e. The molecule has 3 aromatic rings. The molecule has 0 saturated carbocycles. The standard InChI is InChI=1S/C16H13N3S/c1-11(19-14-8-15(20)10-17-9-14)13-5-4-12-3-2-6-18-16(12)7-13/h2-10,19-20H,1H2. The molecule has 0 atom stereocenters. The summed E-state index contributed by atoms with van der Waals surface area (Å²) in [5.41, 5.74) is 3.62. The smallest absolute Gasteiger partial charge is 0.0708 e. The highest BCUT2D eigenvalue weighted by Gasteiger charge is 2.02. The molecule has 0 radical (unpaired) electrons. The summed E-state index contributed by atoms with van der Waals surface area (Å²) in [6.07, 6.45) is 5.22. The zero-order chi connectivity index (χ0) is 13.9. The number of benzene rings is 1. The van der Waals surface area contributed by atoms with Crippen LogP contribution in [0.1, 0.15) is 5.56 Å². The van der Waals surface area contributed by atoms with Crippen molar-refractivity contribution in [3.05, 3.63) is 67.1 Å². The molecule has 3 rings (SSSR count). The highest BCUT2D eigenvalue weighted by molar-refractivity contribution is 7.80. The van der Waals surface area contributed by atoms with Gasteiger partial charge in [-0.15, -0.1) is 12.6 Å². The van der Waals surface area contributed by atoms with Gasteiger partial charge in [0.05, 0.1) is 17.4 Å². The average Bonchev–Trinajstić information content (AvgIpc) is 2.47. The van der Waals surface area contributed by atoms with Crippen LogP contribution in [-0.2, 0) is 0 Å². The summed E-state index contributed by atoms with van der Waals surface area (Å²) in [5, 5.41) is 4.34. The largest absolute Gasteiger partial charge is 0.354 e.